The normalized spacial score (nSPS) is 14.6. The Bertz CT molecular complexity index is 679. The van der Waals surface area contributed by atoms with E-state index in [9.17, 15) is 18.5 Å². The standard InChI is InChI=1S/C13H17NO5S/c1-8-9(2)13(20(17,18)7-14(15)16)10(3)11-5-4-6-19-12(8)11/h4-7H2,1-3H3. The Morgan fingerprint density at radius 3 is 2.45 bits per heavy atom. The van der Waals surface area contributed by atoms with Gasteiger partial charge < -0.3 is 4.74 Å². The summed E-state index contributed by atoms with van der Waals surface area (Å²) in [4.78, 5) is 9.87. The number of benzene rings is 1. The van der Waals surface area contributed by atoms with Crippen LogP contribution in [-0.4, -0.2) is 25.8 Å². The molecule has 0 saturated heterocycles. The van der Waals surface area contributed by atoms with Gasteiger partial charge in [-0.05, 0) is 55.9 Å². The second-order valence-corrected chi connectivity index (χ2v) is 6.94. The molecule has 0 bridgehead atoms. The highest BCUT2D eigenvalue weighted by atomic mass is 32.2. The summed E-state index contributed by atoms with van der Waals surface area (Å²) >= 11 is 0. The molecule has 0 aromatic heterocycles. The van der Waals surface area contributed by atoms with E-state index in [2.05, 4.69) is 0 Å². The van der Waals surface area contributed by atoms with Crippen molar-refractivity contribution >= 4 is 9.84 Å². The van der Waals surface area contributed by atoms with Crippen LogP contribution in [0.4, 0.5) is 0 Å². The van der Waals surface area contributed by atoms with Crippen molar-refractivity contribution in [3.8, 4) is 5.75 Å². The minimum atomic E-state index is -3.93. The van der Waals surface area contributed by atoms with E-state index in [1.165, 1.54) is 0 Å². The van der Waals surface area contributed by atoms with Gasteiger partial charge in [-0.15, -0.1) is 0 Å². The number of ether oxygens (including phenoxy) is 1. The highest BCUT2D eigenvalue weighted by Gasteiger charge is 2.30. The number of nitro groups is 1. The van der Waals surface area contributed by atoms with Crippen LogP contribution in [0.25, 0.3) is 0 Å². The molecule has 0 spiro atoms. The molecule has 0 amide bonds. The van der Waals surface area contributed by atoms with Crippen molar-refractivity contribution in [3.63, 3.8) is 0 Å². The van der Waals surface area contributed by atoms with Crippen LogP contribution < -0.4 is 4.74 Å². The van der Waals surface area contributed by atoms with Gasteiger partial charge in [0.2, 0.25) is 9.84 Å². The molecule has 0 saturated carbocycles. The van der Waals surface area contributed by atoms with Crippen LogP contribution in [0, 0.1) is 30.9 Å². The van der Waals surface area contributed by atoms with Crippen molar-refractivity contribution in [1.82, 2.24) is 0 Å². The van der Waals surface area contributed by atoms with Gasteiger partial charge in [-0.25, -0.2) is 8.42 Å². The molecule has 110 valence electrons. The number of sulfone groups is 1. The third kappa shape index (κ3) is 2.37. The molecule has 0 fully saturated rings. The van der Waals surface area contributed by atoms with Crippen LogP contribution in [0.5, 0.6) is 5.75 Å². The van der Waals surface area contributed by atoms with E-state index in [1.807, 2.05) is 0 Å². The van der Waals surface area contributed by atoms with Gasteiger partial charge in [-0.3, -0.25) is 10.1 Å². The van der Waals surface area contributed by atoms with Gasteiger partial charge in [0, 0.05) is 4.92 Å². The molecule has 1 aromatic carbocycles. The molecular formula is C13H17NO5S. The quantitative estimate of drug-likeness (QED) is 0.629. The smallest absolute Gasteiger partial charge is 0.305 e. The number of nitrogens with zero attached hydrogens (tertiary/aromatic N) is 1. The van der Waals surface area contributed by atoms with Gasteiger partial charge >= 0.3 is 5.88 Å². The zero-order valence-corrected chi connectivity index (χ0v) is 12.5. The molecule has 2 rings (SSSR count). The topological polar surface area (TPSA) is 86.5 Å². The molecule has 1 heterocycles. The van der Waals surface area contributed by atoms with E-state index in [-0.39, 0.29) is 4.90 Å². The van der Waals surface area contributed by atoms with E-state index >= 15 is 0 Å². The Kier molecular flexibility index (Phi) is 3.73. The lowest BCUT2D eigenvalue weighted by Gasteiger charge is -2.25. The Balaban J connectivity index is 2.72. The van der Waals surface area contributed by atoms with Crippen LogP contribution in [0.15, 0.2) is 4.90 Å². The van der Waals surface area contributed by atoms with Gasteiger partial charge in [-0.1, -0.05) is 0 Å². The fourth-order valence-corrected chi connectivity index (χ4v) is 4.36. The van der Waals surface area contributed by atoms with E-state index in [0.29, 0.717) is 17.7 Å². The predicted octanol–water partition coefficient (Wildman–Crippen LogP) is 1.94. The molecule has 6 nitrogen and oxygen atoms in total. The molecule has 1 aliphatic heterocycles. The summed E-state index contributed by atoms with van der Waals surface area (Å²) in [5, 5.41) is 10.6. The van der Waals surface area contributed by atoms with E-state index in [1.54, 1.807) is 20.8 Å². The Labute approximate surface area is 117 Å². The zero-order chi connectivity index (χ0) is 15.1. The first-order valence-electron chi connectivity index (χ1n) is 6.35. The molecule has 0 aliphatic carbocycles. The molecule has 1 aliphatic rings. The van der Waals surface area contributed by atoms with Crippen LogP contribution in [0.3, 0.4) is 0 Å². The average molecular weight is 299 g/mol. The van der Waals surface area contributed by atoms with Crippen molar-refractivity contribution in [2.75, 3.05) is 12.5 Å². The van der Waals surface area contributed by atoms with Crippen LogP contribution >= 0.6 is 0 Å². The Hall–Kier alpha value is -1.63. The Morgan fingerprint density at radius 1 is 1.20 bits per heavy atom. The van der Waals surface area contributed by atoms with Crippen molar-refractivity contribution in [2.45, 2.75) is 38.5 Å². The predicted molar refractivity (Wildman–Crippen MR) is 73.5 cm³/mol. The van der Waals surface area contributed by atoms with Gasteiger partial charge in [0.05, 0.1) is 11.5 Å². The van der Waals surface area contributed by atoms with Crippen molar-refractivity contribution < 1.29 is 18.1 Å². The average Bonchev–Trinajstić information content (AvgIpc) is 2.34. The largest absolute Gasteiger partial charge is 0.493 e. The highest BCUT2D eigenvalue weighted by Crippen LogP contribution is 2.38. The third-order valence-electron chi connectivity index (χ3n) is 3.71. The molecule has 0 radical (unpaired) electrons. The van der Waals surface area contributed by atoms with Gasteiger partial charge in [0.15, 0.2) is 0 Å². The summed E-state index contributed by atoms with van der Waals surface area (Å²) in [6.45, 7) is 5.79. The lowest BCUT2D eigenvalue weighted by Crippen LogP contribution is -2.20. The van der Waals surface area contributed by atoms with Gasteiger partial charge in [-0.2, -0.15) is 0 Å². The Morgan fingerprint density at radius 2 is 1.85 bits per heavy atom. The minimum absolute atomic E-state index is 0.0935. The molecule has 7 heteroatoms. The SMILES string of the molecule is Cc1c(C)c(S(=O)(=O)C[N+](=O)[O-])c(C)c2c1OCCC2. The summed E-state index contributed by atoms with van der Waals surface area (Å²) in [7, 11) is -3.93. The molecule has 20 heavy (non-hydrogen) atoms. The first-order valence-corrected chi connectivity index (χ1v) is 8.01. The summed E-state index contributed by atoms with van der Waals surface area (Å²) < 4.78 is 30.1. The number of hydrogen-bond acceptors (Lipinski definition) is 5. The maximum Gasteiger partial charge on any atom is 0.305 e. The van der Waals surface area contributed by atoms with Crippen molar-refractivity contribution in [1.29, 1.82) is 0 Å². The monoisotopic (exact) mass is 299 g/mol. The zero-order valence-electron chi connectivity index (χ0n) is 11.7. The number of hydrogen-bond donors (Lipinski definition) is 0. The van der Waals surface area contributed by atoms with E-state index in [0.717, 1.165) is 29.7 Å². The molecular weight excluding hydrogens is 282 g/mol. The number of fused-ring (bicyclic) bond motifs is 1. The lowest BCUT2D eigenvalue weighted by molar-refractivity contribution is -0.458. The maximum absolute atomic E-state index is 12.2. The minimum Gasteiger partial charge on any atom is -0.493 e. The third-order valence-corrected chi connectivity index (χ3v) is 5.50. The highest BCUT2D eigenvalue weighted by molar-refractivity contribution is 7.91. The first-order chi connectivity index (χ1) is 9.25. The second-order valence-electron chi connectivity index (χ2n) is 5.04. The van der Waals surface area contributed by atoms with E-state index in [4.69, 9.17) is 4.74 Å². The first kappa shape index (κ1) is 14.8. The van der Waals surface area contributed by atoms with Gasteiger partial charge in [0.25, 0.3) is 0 Å². The van der Waals surface area contributed by atoms with Crippen LogP contribution in [-0.2, 0) is 16.3 Å². The number of rotatable bonds is 3. The van der Waals surface area contributed by atoms with E-state index < -0.39 is 20.6 Å². The fraction of sp³-hybridized carbons (Fsp3) is 0.538. The maximum atomic E-state index is 12.2. The summed E-state index contributed by atoms with van der Waals surface area (Å²) in [6, 6.07) is 0. The molecule has 0 atom stereocenters. The lowest BCUT2D eigenvalue weighted by atomic mass is 9.94. The fourth-order valence-electron chi connectivity index (χ4n) is 2.74. The molecule has 0 N–H and O–H groups in total. The van der Waals surface area contributed by atoms with Crippen LogP contribution in [0.1, 0.15) is 28.7 Å². The molecule has 1 aromatic rings. The van der Waals surface area contributed by atoms with Crippen LogP contribution in [0.2, 0.25) is 0 Å². The van der Waals surface area contributed by atoms with Crippen molar-refractivity contribution in [3.05, 3.63) is 32.4 Å². The van der Waals surface area contributed by atoms with Gasteiger partial charge in [0.1, 0.15) is 5.75 Å². The summed E-state index contributed by atoms with van der Waals surface area (Å²) in [5.41, 5.74) is 2.75. The van der Waals surface area contributed by atoms with Crippen molar-refractivity contribution in [2.24, 2.45) is 0 Å². The summed E-state index contributed by atoms with van der Waals surface area (Å²) in [6.07, 6.45) is 1.56. The summed E-state index contributed by atoms with van der Waals surface area (Å²) in [5.74, 6) is -0.334. The second kappa shape index (κ2) is 5.05. The molecule has 0 unspecified atom stereocenters.